The van der Waals surface area contributed by atoms with Crippen LogP contribution in [0.25, 0.3) is 0 Å². The molecule has 6 nitrogen and oxygen atoms in total. The van der Waals surface area contributed by atoms with Gasteiger partial charge < -0.3 is 9.47 Å². The maximum atomic E-state index is 11.3. The Hall–Kier alpha value is -1.34. The molecule has 0 saturated heterocycles. The largest absolute Gasteiger partial charge is 0.485 e. The lowest BCUT2D eigenvalue weighted by molar-refractivity contribution is 0.207. The van der Waals surface area contributed by atoms with Crippen molar-refractivity contribution in [3.8, 4) is 11.6 Å². The van der Waals surface area contributed by atoms with E-state index < -0.39 is 10.0 Å². The number of primary sulfonamides is 1. The van der Waals surface area contributed by atoms with Gasteiger partial charge in [0, 0.05) is 6.07 Å². The molecule has 1 aliphatic rings. The zero-order valence-electron chi connectivity index (χ0n) is 10.3. The summed E-state index contributed by atoms with van der Waals surface area (Å²) in [7, 11) is -3.78. The summed E-state index contributed by atoms with van der Waals surface area (Å²) in [6, 6.07) is 1.36. The van der Waals surface area contributed by atoms with Gasteiger partial charge in [0.15, 0.2) is 5.75 Å². The van der Waals surface area contributed by atoms with Crippen molar-refractivity contribution in [3.05, 3.63) is 12.3 Å². The second kappa shape index (κ2) is 4.74. The van der Waals surface area contributed by atoms with Crippen molar-refractivity contribution >= 4 is 10.0 Å². The lowest BCUT2D eigenvalue weighted by Gasteiger charge is -2.14. The number of ether oxygens (including phenoxy) is 2. The zero-order valence-corrected chi connectivity index (χ0v) is 11.1. The van der Waals surface area contributed by atoms with Crippen molar-refractivity contribution in [2.24, 2.45) is 5.14 Å². The van der Waals surface area contributed by atoms with Gasteiger partial charge in [-0.1, -0.05) is 0 Å². The van der Waals surface area contributed by atoms with Crippen LogP contribution < -0.4 is 14.6 Å². The molecule has 0 amide bonds. The Morgan fingerprint density at radius 1 is 1.44 bits per heavy atom. The predicted octanol–water partition coefficient (Wildman–Crippen LogP) is 1.06. The molecule has 7 heteroatoms. The van der Waals surface area contributed by atoms with E-state index in [0.29, 0.717) is 11.6 Å². The summed E-state index contributed by atoms with van der Waals surface area (Å²) in [6.07, 6.45) is 3.14. The smallest absolute Gasteiger partial charge is 0.257 e. The lowest BCUT2D eigenvalue weighted by atomic mass is 10.4. The van der Waals surface area contributed by atoms with E-state index in [4.69, 9.17) is 14.6 Å². The van der Waals surface area contributed by atoms with E-state index in [1.54, 1.807) is 0 Å². The highest BCUT2D eigenvalue weighted by Crippen LogP contribution is 2.33. The minimum atomic E-state index is -3.78. The van der Waals surface area contributed by atoms with E-state index in [2.05, 4.69) is 4.98 Å². The third-order valence-electron chi connectivity index (χ3n) is 2.29. The first-order chi connectivity index (χ1) is 8.36. The molecular weight excluding hydrogens is 256 g/mol. The van der Waals surface area contributed by atoms with E-state index in [0.717, 1.165) is 12.8 Å². The predicted molar refractivity (Wildman–Crippen MR) is 65.0 cm³/mol. The number of pyridine rings is 1. The maximum Gasteiger partial charge on any atom is 0.257 e. The summed E-state index contributed by atoms with van der Waals surface area (Å²) in [5.41, 5.74) is 0. The Balaban J connectivity index is 2.34. The Morgan fingerprint density at radius 3 is 2.61 bits per heavy atom. The van der Waals surface area contributed by atoms with Gasteiger partial charge in [0.1, 0.15) is 4.90 Å². The van der Waals surface area contributed by atoms with Crippen molar-refractivity contribution < 1.29 is 17.9 Å². The van der Waals surface area contributed by atoms with Gasteiger partial charge in [0.2, 0.25) is 10.0 Å². The van der Waals surface area contributed by atoms with Crippen LogP contribution in [0.4, 0.5) is 0 Å². The van der Waals surface area contributed by atoms with Crippen molar-refractivity contribution in [2.75, 3.05) is 0 Å². The molecule has 0 unspecified atom stereocenters. The maximum absolute atomic E-state index is 11.3. The average Bonchev–Trinajstić information content (AvgIpc) is 3.02. The highest BCUT2D eigenvalue weighted by Gasteiger charge is 2.26. The van der Waals surface area contributed by atoms with E-state index in [1.165, 1.54) is 12.3 Å². The quantitative estimate of drug-likeness (QED) is 0.865. The summed E-state index contributed by atoms with van der Waals surface area (Å²) < 4.78 is 33.6. The van der Waals surface area contributed by atoms with Crippen molar-refractivity contribution in [1.82, 2.24) is 4.98 Å². The molecule has 1 fully saturated rings. The van der Waals surface area contributed by atoms with Crippen LogP contribution in [-0.2, 0) is 10.0 Å². The van der Waals surface area contributed by atoms with Gasteiger partial charge in [-0.25, -0.2) is 18.5 Å². The number of hydrogen-bond donors (Lipinski definition) is 1. The van der Waals surface area contributed by atoms with E-state index in [9.17, 15) is 8.42 Å². The van der Waals surface area contributed by atoms with E-state index >= 15 is 0 Å². The van der Waals surface area contributed by atoms with Crippen LogP contribution in [0.2, 0.25) is 0 Å². The fraction of sp³-hybridized carbons (Fsp3) is 0.545. The average molecular weight is 272 g/mol. The van der Waals surface area contributed by atoms with Crippen LogP contribution in [0.3, 0.4) is 0 Å². The van der Waals surface area contributed by atoms with Gasteiger partial charge in [0.25, 0.3) is 5.88 Å². The summed E-state index contributed by atoms with van der Waals surface area (Å²) in [6.45, 7) is 3.71. The molecule has 0 aromatic carbocycles. The summed E-state index contributed by atoms with van der Waals surface area (Å²) in [4.78, 5) is 3.88. The van der Waals surface area contributed by atoms with Gasteiger partial charge in [-0.15, -0.1) is 0 Å². The van der Waals surface area contributed by atoms with Crippen molar-refractivity contribution in [1.29, 1.82) is 0 Å². The summed E-state index contributed by atoms with van der Waals surface area (Å²) in [5.74, 6) is 0.627. The Labute approximate surface area is 106 Å². The molecule has 0 radical (unpaired) electrons. The number of nitrogens with two attached hydrogens (primary N) is 1. The third kappa shape index (κ3) is 3.33. The second-order valence-electron chi connectivity index (χ2n) is 4.50. The molecule has 2 rings (SSSR count). The molecule has 100 valence electrons. The highest BCUT2D eigenvalue weighted by atomic mass is 32.2. The normalized spacial score (nSPS) is 15.8. The third-order valence-corrected chi connectivity index (χ3v) is 3.17. The molecule has 0 spiro atoms. The Kier molecular flexibility index (Phi) is 3.45. The first-order valence-electron chi connectivity index (χ1n) is 5.72. The molecule has 1 aromatic heterocycles. The van der Waals surface area contributed by atoms with Gasteiger partial charge in [-0.2, -0.15) is 0 Å². The standard InChI is InChI=1S/C11H16N2O4S/c1-7(2)16-11-10(17-8-3-4-8)5-9(6-13-11)18(12,14)15/h5-8H,3-4H2,1-2H3,(H2,12,14,15). The summed E-state index contributed by atoms with van der Waals surface area (Å²) >= 11 is 0. The molecule has 0 atom stereocenters. The van der Waals surface area contributed by atoms with E-state index in [-0.39, 0.29) is 17.1 Å². The van der Waals surface area contributed by atoms with Crippen LogP contribution in [-0.4, -0.2) is 25.6 Å². The monoisotopic (exact) mass is 272 g/mol. The van der Waals surface area contributed by atoms with Crippen LogP contribution >= 0.6 is 0 Å². The number of sulfonamides is 1. The molecule has 0 bridgehead atoms. The molecule has 1 saturated carbocycles. The molecule has 18 heavy (non-hydrogen) atoms. The lowest BCUT2D eigenvalue weighted by Crippen LogP contribution is -2.14. The number of rotatable bonds is 5. The summed E-state index contributed by atoms with van der Waals surface area (Å²) in [5, 5.41) is 5.06. The molecule has 2 N–H and O–H groups in total. The van der Waals surface area contributed by atoms with Crippen molar-refractivity contribution in [2.45, 2.75) is 43.8 Å². The van der Waals surface area contributed by atoms with Crippen molar-refractivity contribution in [3.63, 3.8) is 0 Å². The van der Waals surface area contributed by atoms with Crippen LogP contribution in [0.1, 0.15) is 26.7 Å². The van der Waals surface area contributed by atoms with Gasteiger partial charge >= 0.3 is 0 Å². The first kappa shape index (κ1) is 13.1. The fourth-order valence-electron chi connectivity index (χ4n) is 1.33. The van der Waals surface area contributed by atoms with Gasteiger partial charge in [-0.3, -0.25) is 0 Å². The number of aromatic nitrogens is 1. The van der Waals surface area contributed by atoms with Gasteiger partial charge in [-0.05, 0) is 26.7 Å². The second-order valence-corrected chi connectivity index (χ2v) is 6.06. The molecule has 1 aromatic rings. The fourth-order valence-corrected chi connectivity index (χ4v) is 1.80. The Morgan fingerprint density at radius 2 is 2.11 bits per heavy atom. The minimum absolute atomic E-state index is 0.0700. The molecular formula is C11H16N2O4S. The van der Waals surface area contributed by atoms with E-state index in [1.807, 2.05) is 13.8 Å². The van der Waals surface area contributed by atoms with Gasteiger partial charge in [0.05, 0.1) is 18.4 Å². The SMILES string of the molecule is CC(C)Oc1ncc(S(N)(=O)=O)cc1OC1CC1. The van der Waals surface area contributed by atoms with Crippen LogP contribution in [0, 0.1) is 0 Å². The van der Waals surface area contributed by atoms with Crippen LogP contribution in [0.5, 0.6) is 11.6 Å². The minimum Gasteiger partial charge on any atom is -0.485 e. The Bertz CT molecular complexity index is 538. The molecule has 1 aliphatic carbocycles. The molecule has 0 aliphatic heterocycles. The first-order valence-corrected chi connectivity index (χ1v) is 7.27. The van der Waals surface area contributed by atoms with Crippen LogP contribution in [0.15, 0.2) is 17.2 Å². The topological polar surface area (TPSA) is 91.5 Å². The number of hydrogen-bond acceptors (Lipinski definition) is 5. The highest BCUT2D eigenvalue weighted by molar-refractivity contribution is 7.89. The molecule has 1 heterocycles. The zero-order chi connectivity index (χ0) is 13.3. The number of nitrogens with zero attached hydrogens (tertiary/aromatic N) is 1.